The van der Waals surface area contributed by atoms with E-state index in [-0.39, 0.29) is 49.2 Å². The molecule has 2 N–H and O–H groups in total. The molecular formula is C48H45N5O9. The summed E-state index contributed by atoms with van der Waals surface area (Å²) in [4.78, 5) is 72.0. The molecule has 4 amide bonds. The van der Waals surface area contributed by atoms with E-state index in [2.05, 4.69) is 10.6 Å². The average Bonchev–Trinajstić information content (AvgIpc) is 3.82. The zero-order valence-corrected chi connectivity index (χ0v) is 34.8. The number of carbonyl (C=O) groups excluding carboxylic acids is 5. The Morgan fingerprint density at radius 1 is 0.694 bits per heavy atom. The Kier molecular flexibility index (Phi) is 10.5. The molecule has 0 saturated carbocycles. The van der Waals surface area contributed by atoms with Crippen LogP contribution in [0, 0.1) is 6.92 Å². The van der Waals surface area contributed by atoms with Crippen LogP contribution in [0.15, 0.2) is 91.0 Å². The zero-order valence-electron chi connectivity index (χ0n) is 34.8. The van der Waals surface area contributed by atoms with Gasteiger partial charge >= 0.3 is 5.97 Å². The van der Waals surface area contributed by atoms with Crippen LogP contribution in [0.5, 0.6) is 17.2 Å². The van der Waals surface area contributed by atoms with Crippen LogP contribution in [0.2, 0.25) is 0 Å². The molecule has 14 heteroatoms. The standard InChI is InChI=1S/C48H45N5O9/c1-27-16-33-35(49-45(55)39-20-30-10-5-7-12-37(30)52(39)47(33)57)23-41(27)61-25-28-17-29(19-32(18-28)51(2)15-9-14-44(54)60-4)26-62-43-24-36-34(22-42(43)59-3)48(58)53-38-13-8-6-11-31(38)21-40(53)46(56)50-36/h5-8,10-13,16-19,22-24,39-40H,9,14-15,20-21,25-26H2,1-4H3,(H,49,55)(H,50,56)/t39-,40-/m0/s1. The van der Waals surface area contributed by atoms with Gasteiger partial charge in [-0.2, -0.15) is 0 Å². The number of amides is 4. The third kappa shape index (κ3) is 7.31. The Balaban J connectivity index is 0.972. The maximum atomic E-state index is 14.0. The smallest absolute Gasteiger partial charge is 0.305 e. The number of nitrogens with zero attached hydrogens (tertiary/aromatic N) is 3. The van der Waals surface area contributed by atoms with E-state index in [1.807, 2.05) is 85.6 Å². The first-order chi connectivity index (χ1) is 30.0. The quantitative estimate of drug-likeness (QED) is 0.131. The number of nitrogens with one attached hydrogen (secondary N) is 2. The summed E-state index contributed by atoms with van der Waals surface area (Å²) in [5.41, 5.74) is 7.90. The van der Waals surface area contributed by atoms with Crippen molar-refractivity contribution in [1.82, 2.24) is 0 Å². The van der Waals surface area contributed by atoms with Crippen LogP contribution in [0.4, 0.5) is 28.4 Å². The van der Waals surface area contributed by atoms with Gasteiger partial charge in [-0.1, -0.05) is 36.4 Å². The summed E-state index contributed by atoms with van der Waals surface area (Å²) in [5, 5.41) is 5.94. The highest BCUT2D eigenvalue weighted by molar-refractivity contribution is 6.21. The monoisotopic (exact) mass is 835 g/mol. The van der Waals surface area contributed by atoms with Crippen molar-refractivity contribution in [2.24, 2.45) is 0 Å². The van der Waals surface area contributed by atoms with Gasteiger partial charge in [-0.3, -0.25) is 33.8 Å². The second kappa shape index (κ2) is 16.3. The van der Waals surface area contributed by atoms with E-state index in [1.165, 1.54) is 14.2 Å². The molecule has 5 aromatic rings. The summed E-state index contributed by atoms with van der Waals surface area (Å²) in [6.07, 6.45) is 1.69. The zero-order chi connectivity index (χ0) is 43.2. The van der Waals surface area contributed by atoms with E-state index in [0.29, 0.717) is 71.2 Å². The number of esters is 1. The second-order valence-electron chi connectivity index (χ2n) is 15.9. The number of methoxy groups -OCH3 is 2. The Morgan fingerprint density at radius 3 is 1.79 bits per heavy atom. The van der Waals surface area contributed by atoms with E-state index in [9.17, 15) is 24.0 Å². The molecule has 5 aromatic carbocycles. The number of aryl methyl sites for hydroxylation is 1. The molecule has 4 heterocycles. The molecular weight excluding hydrogens is 791 g/mol. The molecule has 0 radical (unpaired) electrons. The number of rotatable bonds is 12. The SMILES string of the molecule is COC(=O)CCCN(C)c1cc(COc2cc3c(cc2C)C(=O)N2c4ccccc4C[C@H]2C(=O)N3)cc(COc2cc3c(cc2OC)C(=O)N2c4ccccc4C[C@H]2C(=O)N3)c1. The minimum atomic E-state index is -0.678. The maximum absolute atomic E-state index is 14.0. The Labute approximate surface area is 358 Å². The molecule has 0 saturated heterocycles. The van der Waals surface area contributed by atoms with Crippen LogP contribution < -0.4 is 39.5 Å². The van der Waals surface area contributed by atoms with Crippen molar-refractivity contribution in [3.05, 3.63) is 130 Å². The predicted octanol–water partition coefficient (Wildman–Crippen LogP) is 6.60. The Hall–Kier alpha value is -7.35. The van der Waals surface area contributed by atoms with Gasteiger partial charge in [0.1, 0.15) is 31.0 Å². The molecule has 0 fully saturated rings. The van der Waals surface area contributed by atoms with Crippen molar-refractivity contribution >= 4 is 58.0 Å². The summed E-state index contributed by atoms with van der Waals surface area (Å²) in [7, 11) is 4.80. The first kappa shape index (κ1) is 40.1. The highest BCUT2D eigenvalue weighted by Crippen LogP contribution is 2.42. The summed E-state index contributed by atoms with van der Waals surface area (Å²) in [6, 6.07) is 26.4. The number of fused-ring (bicyclic) bond motifs is 8. The van der Waals surface area contributed by atoms with Crippen molar-refractivity contribution in [2.45, 2.75) is 57.9 Å². The number of hydrogen-bond donors (Lipinski definition) is 2. The van der Waals surface area contributed by atoms with E-state index >= 15 is 0 Å². The molecule has 0 unspecified atom stereocenters. The van der Waals surface area contributed by atoms with Crippen LogP contribution in [-0.4, -0.2) is 69.5 Å². The fourth-order valence-corrected chi connectivity index (χ4v) is 8.77. The second-order valence-corrected chi connectivity index (χ2v) is 15.9. The lowest BCUT2D eigenvalue weighted by Crippen LogP contribution is -2.42. The molecule has 4 aliphatic heterocycles. The molecule has 0 spiro atoms. The number of benzene rings is 5. The lowest BCUT2D eigenvalue weighted by atomic mass is 10.1. The third-order valence-corrected chi connectivity index (χ3v) is 12.0. The minimum Gasteiger partial charge on any atom is -0.493 e. The van der Waals surface area contributed by atoms with E-state index in [4.69, 9.17) is 18.9 Å². The van der Waals surface area contributed by atoms with Crippen molar-refractivity contribution in [3.63, 3.8) is 0 Å². The predicted molar refractivity (Wildman–Crippen MR) is 233 cm³/mol. The summed E-state index contributed by atoms with van der Waals surface area (Å²) < 4.78 is 23.4. The first-order valence-electron chi connectivity index (χ1n) is 20.5. The van der Waals surface area contributed by atoms with Gasteiger partial charge in [0.2, 0.25) is 11.8 Å². The molecule has 0 aromatic heterocycles. The number of anilines is 5. The van der Waals surface area contributed by atoms with Gasteiger partial charge in [-0.05, 0) is 83.6 Å². The van der Waals surface area contributed by atoms with Crippen molar-refractivity contribution in [1.29, 1.82) is 0 Å². The van der Waals surface area contributed by atoms with Crippen LogP contribution in [0.3, 0.4) is 0 Å². The summed E-state index contributed by atoms with van der Waals surface area (Å²) in [6.45, 7) is 2.65. The summed E-state index contributed by atoms with van der Waals surface area (Å²) >= 11 is 0. The Morgan fingerprint density at radius 2 is 1.23 bits per heavy atom. The highest BCUT2D eigenvalue weighted by Gasteiger charge is 2.43. The Bertz CT molecular complexity index is 2680. The van der Waals surface area contributed by atoms with Gasteiger partial charge in [-0.25, -0.2) is 0 Å². The highest BCUT2D eigenvalue weighted by atomic mass is 16.5. The van der Waals surface area contributed by atoms with E-state index in [0.717, 1.165) is 39.2 Å². The summed E-state index contributed by atoms with van der Waals surface area (Å²) in [5.74, 6) is -0.236. The van der Waals surface area contributed by atoms with Gasteiger partial charge in [0.15, 0.2) is 11.5 Å². The molecule has 2 atom stereocenters. The first-order valence-corrected chi connectivity index (χ1v) is 20.5. The van der Waals surface area contributed by atoms with Crippen LogP contribution >= 0.6 is 0 Å². The fourth-order valence-electron chi connectivity index (χ4n) is 8.77. The van der Waals surface area contributed by atoms with Crippen LogP contribution in [0.1, 0.15) is 61.4 Å². The minimum absolute atomic E-state index is 0.0861. The molecule has 316 valence electrons. The molecule has 4 aliphatic rings. The van der Waals surface area contributed by atoms with Crippen LogP contribution in [0.25, 0.3) is 0 Å². The van der Waals surface area contributed by atoms with Gasteiger partial charge < -0.3 is 34.5 Å². The molecule has 9 rings (SSSR count). The number of ether oxygens (including phenoxy) is 4. The van der Waals surface area contributed by atoms with Crippen molar-refractivity contribution < 1.29 is 42.9 Å². The number of para-hydroxylation sites is 2. The fraction of sp³-hybridized carbons (Fsp3) is 0.271. The van der Waals surface area contributed by atoms with Crippen molar-refractivity contribution in [3.8, 4) is 17.2 Å². The van der Waals surface area contributed by atoms with Crippen molar-refractivity contribution in [2.75, 3.05) is 53.1 Å². The number of hydrogen-bond acceptors (Lipinski definition) is 10. The lowest BCUT2D eigenvalue weighted by molar-refractivity contribution is -0.140. The van der Waals surface area contributed by atoms with Gasteiger partial charge in [0, 0.05) is 62.0 Å². The molecule has 0 aliphatic carbocycles. The average molecular weight is 836 g/mol. The lowest BCUT2D eigenvalue weighted by Gasteiger charge is -2.22. The van der Waals surface area contributed by atoms with E-state index < -0.39 is 12.1 Å². The number of carbonyl (C=O) groups is 5. The van der Waals surface area contributed by atoms with Gasteiger partial charge in [0.25, 0.3) is 11.8 Å². The normalized spacial score (nSPS) is 17.0. The largest absolute Gasteiger partial charge is 0.493 e. The maximum Gasteiger partial charge on any atom is 0.305 e. The van der Waals surface area contributed by atoms with Gasteiger partial charge in [-0.15, -0.1) is 0 Å². The third-order valence-electron chi connectivity index (χ3n) is 12.0. The topological polar surface area (TPSA) is 156 Å². The van der Waals surface area contributed by atoms with Crippen LogP contribution in [-0.2, 0) is 45.2 Å². The van der Waals surface area contributed by atoms with Gasteiger partial charge in [0.05, 0.1) is 36.7 Å². The molecule has 0 bridgehead atoms. The molecule has 14 nitrogen and oxygen atoms in total. The van der Waals surface area contributed by atoms with E-state index in [1.54, 1.807) is 34.1 Å². The molecule has 62 heavy (non-hydrogen) atoms.